The number of aromatic nitrogens is 4. The number of nitrogens with one attached hydrogen (secondary N) is 4. The Hall–Kier alpha value is -6.32. The van der Waals surface area contributed by atoms with Gasteiger partial charge < -0.3 is 49.7 Å². The maximum Gasteiger partial charge on any atom is 0.407 e. The highest BCUT2D eigenvalue weighted by molar-refractivity contribution is 5.88. The monoisotopic (exact) mass is 929 g/mol. The number of rotatable bonds is 12. The Morgan fingerprint density at radius 2 is 1.09 bits per heavy atom. The van der Waals surface area contributed by atoms with Gasteiger partial charge in [-0.2, -0.15) is 0 Å². The summed E-state index contributed by atoms with van der Waals surface area (Å²) in [5.41, 5.74) is 9.67. The highest BCUT2D eigenvalue weighted by Crippen LogP contribution is 2.49. The van der Waals surface area contributed by atoms with Gasteiger partial charge >= 0.3 is 12.2 Å². The molecule has 362 valence electrons. The summed E-state index contributed by atoms with van der Waals surface area (Å²) in [5, 5.41) is 5.51. The van der Waals surface area contributed by atoms with E-state index in [0.29, 0.717) is 13.1 Å². The zero-order chi connectivity index (χ0) is 47.8. The predicted octanol–water partition coefficient (Wildman–Crippen LogP) is 8.91. The standard InChI is InChI=1S/C52H68N10O6/c1-30(2)45(57-51(65)67-6)49(63)60-25-11-13-43(60)47-53-36-18-15-33(28-38(36)55-47)41-21-22-42(62(41)35-17-20-40(32(5)27-35)59-23-9-8-10-24-59)34-16-19-37-39(29-34)56-48(54-37)44-14-12-26-61(44)50(64)46(31(3)4)58-52(66)68-7/h15-20,27-31,41-46H,8-14,21-26H2,1-7H3,(H,53,55)(H,54,56)(H,57,65)(H,58,66)/t41-,42-,43+,44+,45+,46?/m1/s1. The lowest BCUT2D eigenvalue weighted by molar-refractivity contribution is -0.136. The molecule has 2 aromatic heterocycles. The molecular weight excluding hydrogens is 861 g/mol. The molecule has 4 amide bonds. The van der Waals surface area contributed by atoms with Crippen LogP contribution in [0.4, 0.5) is 21.0 Å². The maximum atomic E-state index is 13.9. The van der Waals surface area contributed by atoms with Crippen LogP contribution in [0.1, 0.15) is 138 Å². The van der Waals surface area contributed by atoms with Crippen LogP contribution in [0.25, 0.3) is 22.1 Å². The number of amides is 4. The van der Waals surface area contributed by atoms with E-state index in [4.69, 9.17) is 19.4 Å². The molecule has 4 saturated heterocycles. The molecule has 6 heterocycles. The highest BCUT2D eigenvalue weighted by atomic mass is 16.5. The van der Waals surface area contributed by atoms with Crippen LogP contribution in [0.5, 0.6) is 0 Å². The fourth-order valence-corrected chi connectivity index (χ4v) is 11.3. The molecule has 0 bridgehead atoms. The third-order valence-corrected chi connectivity index (χ3v) is 14.9. The van der Waals surface area contributed by atoms with Crippen LogP contribution in [0.2, 0.25) is 0 Å². The Bertz CT molecular complexity index is 2510. The molecule has 0 aliphatic carbocycles. The minimum absolute atomic E-state index is 0.0655. The van der Waals surface area contributed by atoms with Gasteiger partial charge in [0, 0.05) is 37.6 Å². The third-order valence-electron chi connectivity index (χ3n) is 14.9. The predicted molar refractivity (Wildman–Crippen MR) is 262 cm³/mol. The SMILES string of the molecule is COC(=O)NC(C(=O)N1CCC[C@H]1c1nc2ccc([C@H]3CC[C@H](c4ccc5nc([C@@H]6CCCN6C(=O)[C@@H](NC(=O)OC)C(C)C)[nH]c5c4)N3c3ccc(N4CCCCC4)c(C)c3)cc2[nH]1)C(C)C. The van der Waals surface area contributed by atoms with Crippen molar-refractivity contribution in [1.29, 1.82) is 0 Å². The zero-order valence-corrected chi connectivity index (χ0v) is 40.6. The minimum Gasteiger partial charge on any atom is -0.453 e. The first-order chi connectivity index (χ1) is 32.8. The van der Waals surface area contributed by atoms with E-state index in [0.717, 1.165) is 85.3 Å². The Morgan fingerprint density at radius 1 is 0.603 bits per heavy atom. The molecule has 16 heteroatoms. The largest absolute Gasteiger partial charge is 0.453 e. The van der Waals surface area contributed by atoms with Crippen LogP contribution >= 0.6 is 0 Å². The summed E-state index contributed by atoms with van der Waals surface area (Å²) in [6.07, 6.45) is 7.57. The number of aryl methyl sites for hydroxylation is 1. The molecule has 4 aliphatic rings. The number of piperidine rings is 1. The number of hydrogen-bond acceptors (Lipinski definition) is 10. The number of imidazole rings is 2. The van der Waals surface area contributed by atoms with Gasteiger partial charge in [0.25, 0.3) is 0 Å². The number of carbonyl (C=O) groups is 4. The van der Waals surface area contributed by atoms with E-state index in [1.807, 2.05) is 37.5 Å². The first-order valence-electron chi connectivity index (χ1n) is 24.8. The Labute approximate surface area is 398 Å². The van der Waals surface area contributed by atoms with E-state index in [1.165, 1.54) is 61.5 Å². The molecule has 0 radical (unpaired) electrons. The van der Waals surface area contributed by atoms with Gasteiger partial charge in [0.05, 0.1) is 60.5 Å². The summed E-state index contributed by atoms with van der Waals surface area (Å²) in [6.45, 7) is 13.3. The normalized spacial score (nSPS) is 21.8. The summed E-state index contributed by atoms with van der Waals surface area (Å²) in [7, 11) is 2.61. The second-order valence-corrected chi connectivity index (χ2v) is 19.9. The van der Waals surface area contributed by atoms with Gasteiger partial charge in [-0.05, 0) is 136 Å². The van der Waals surface area contributed by atoms with E-state index in [-0.39, 0.29) is 47.8 Å². The summed E-state index contributed by atoms with van der Waals surface area (Å²) >= 11 is 0. The number of benzene rings is 3. The van der Waals surface area contributed by atoms with E-state index < -0.39 is 24.3 Å². The molecule has 4 fully saturated rings. The van der Waals surface area contributed by atoms with Crippen molar-refractivity contribution in [2.75, 3.05) is 50.2 Å². The molecule has 4 N–H and O–H groups in total. The molecule has 4 aliphatic heterocycles. The summed E-state index contributed by atoms with van der Waals surface area (Å²) in [4.78, 5) is 78.5. The van der Waals surface area contributed by atoms with Gasteiger partial charge in [-0.3, -0.25) is 9.59 Å². The lowest BCUT2D eigenvalue weighted by atomic mass is 10.0. The number of likely N-dealkylation sites (tertiary alicyclic amines) is 2. The topological polar surface area (TPSA) is 181 Å². The first-order valence-corrected chi connectivity index (χ1v) is 24.8. The quantitative estimate of drug-likeness (QED) is 0.0944. The lowest BCUT2D eigenvalue weighted by Crippen LogP contribution is -2.51. The second kappa shape index (κ2) is 19.7. The number of ether oxygens (including phenoxy) is 2. The van der Waals surface area contributed by atoms with E-state index in [2.05, 4.69) is 91.9 Å². The molecule has 6 atom stereocenters. The fraction of sp³-hybridized carbons (Fsp3) is 0.538. The van der Waals surface area contributed by atoms with Crippen molar-refractivity contribution in [3.63, 3.8) is 0 Å². The molecule has 3 aromatic carbocycles. The molecular formula is C52H68N10O6. The molecule has 0 saturated carbocycles. The van der Waals surface area contributed by atoms with Crippen LogP contribution in [0.15, 0.2) is 54.6 Å². The van der Waals surface area contributed by atoms with Crippen molar-refractivity contribution in [2.24, 2.45) is 11.8 Å². The zero-order valence-electron chi connectivity index (χ0n) is 40.6. The second-order valence-electron chi connectivity index (χ2n) is 19.9. The number of fused-ring (bicyclic) bond motifs is 2. The van der Waals surface area contributed by atoms with Crippen LogP contribution in [0, 0.1) is 18.8 Å². The van der Waals surface area contributed by atoms with Gasteiger partial charge in [-0.15, -0.1) is 0 Å². The first kappa shape index (κ1) is 46.8. The van der Waals surface area contributed by atoms with Crippen LogP contribution in [0.3, 0.4) is 0 Å². The molecule has 9 rings (SSSR count). The van der Waals surface area contributed by atoms with Crippen LogP contribution in [-0.4, -0.2) is 106 Å². The van der Waals surface area contributed by atoms with E-state index in [9.17, 15) is 19.2 Å². The van der Waals surface area contributed by atoms with E-state index >= 15 is 0 Å². The Morgan fingerprint density at radius 3 is 1.53 bits per heavy atom. The van der Waals surface area contributed by atoms with Gasteiger partial charge in [-0.1, -0.05) is 39.8 Å². The average molecular weight is 929 g/mol. The minimum atomic E-state index is -0.705. The Balaban J connectivity index is 1.02. The molecule has 1 unspecified atom stereocenters. The van der Waals surface area contributed by atoms with Gasteiger partial charge in [-0.25, -0.2) is 19.6 Å². The van der Waals surface area contributed by atoms with Crippen molar-refractivity contribution in [3.8, 4) is 0 Å². The Kier molecular flexibility index (Phi) is 13.6. The summed E-state index contributed by atoms with van der Waals surface area (Å²) in [5.74, 6) is 1.00. The van der Waals surface area contributed by atoms with Crippen molar-refractivity contribution < 1.29 is 28.7 Å². The van der Waals surface area contributed by atoms with Crippen LogP contribution in [-0.2, 0) is 19.1 Å². The van der Waals surface area contributed by atoms with E-state index in [1.54, 1.807) is 0 Å². The lowest BCUT2D eigenvalue weighted by Gasteiger charge is -2.35. The van der Waals surface area contributed by atoms with Crippen molar-refractivity contribution >= 4 is 57.4 Å². The number of hydrogen-bond donors (Lipinski definition) is 4. The number of methoxy groups -OCH3 is 2. The number of anilines is 2. The van der Waals surface area contributed by atoms with Gasteiger partial charge in [0.1, 0.15) is 23.7 Å². The summed E-state index contributed by atoms with van der Waals surface area (Å²) < 4.78 is 9.70. The smallest absolute Gasteiger partial charge is 0.407 e. The number of aromatic amines is 2. The van der Waals surface area contributed by atoms with Gasteiger partial charge in [0.15, 0.2) is 0 Å². The third kappa shape index (κ3) is 9.17. The molecule has 5 aromatic rings. The molecule has 16 nitrogen and oxygen atoms in total. The fourth-order valence-electron chi connectivity index (χ4n) is 11.3. The number of carbonyl (C=O) groups excluding carboxylic acids is 4. The number of H-pyrrole nitrogens is 2. The average Bonchev–Trinajstić information content (AvgIpc) is 4.20. The van der Waals surface area contributed by atoms with Gasteiger partial charge in [0.2, 0.25) is 11.8 Å². The highest BCUT2D eigenvalue weighted by Gasteiger charge is 2.41. The molecule has 0 spiro atoms. The molecule has 68 heavy (non-hydrogen) atoms. The van der Waals surface area contributed by atoms with Crippen LogP contribution < -0.4 is 20.4 Å². The maximum absolute atomic E-state index is 13.9. The summed E-state index contributed by atoms with van der Waals surface area (Å²) in [6, 6.07) is 18.3. The van der Waals surface area contributed by atoms with Crippen molar-refractivity contribution in [1.82, 2.24) is 40.4 Å². The van der Waals surface area contributed by atoms with Crippen molar-refractivity contribution in [3.05, 3.63) is 82.9 Å². The van der Waals surface area contributed by atoms with Crippen molar-refractivity contribution in [2.45, 2.75) is 129 Å². The number of alkyl carbamates (subject to hydrolysis) is 2. The number of nitrogens with zero attached hydrogens (tertiary/aromatic N) is 6.